The molecule has 1 aromatic carbocycles. The van der Waals surface area contributed by atoms with Crippen molar-refractivity contribution in [2.45, 2.75) is 13.5 Å². The predicted molar refractivity (Wildman–Crippen MR) is 108 cm³/mol. The molecule has 2 heterocycles. The summed E-state index contributed by atoms with van der Waals surface area (Å²) in [6, 6.07) is 7.89. The standard InChI is InChI=1S/C21H26N2O3S/c1-3-4-17-5-6-19(20(13-17)25-2)26-15-21(24)23-10-8-22(9-11-23)14-18-7-12-27-16-18/h3-7,12-13,16H,8-11,14-15H2,1-2H3/p+1/b4-3+. The molecule has 3 rings (SSSR count). The zero-order chi connectivity index (χ0) is 19.1. The highest BCUT2D eigenvalue weighted by atomic mass is 32.1. The van der Waals surface area contributed by atoms with Crippen LogP contribution in [-0.2, 0) is 11.3 Å². The Balaban J connectivity index is 1.48. The molecule has 0 saturated carbocycles. The molecule has 2 aromatic rings. The Morgan fingerprint density at radius 2 is 2.07 bits per heavy atom. The maximum absolute atomic E-state index is 12.5. The van der Waals surface area contributed by atoms with Gasteiger partial charge in [0.2, 0.25) is 0 Å². The second kappa shape index (κ2) is 9.58. The summed E-state index contributed by atoms with van der Waals surface area (Å²) in [5.41, 5.74) is 2.42. The van der Waals surface area contributed by atoms with Crippen molar-refractivity contribution in [3.63, 3.8) is 0 Å². The molecule has 144 valence electrons. The first-order chi connectivity index (χ1) is 13.2. The summed E-state index contributed by atoms with van der Waals surface area (Å²) >= 11 is 1.74. The van der Waals surface area contributed by atoms with Crippen LogP contribution in [0, 0.1) is 0 Å². The lowest BCUT2D eigenvalue weighted by atomic mass is 10.2. The molecule has 1 aliphatic heterocycles. The third-order valence-electron chi connectivity index (χ3n) is 4.76. The van der Waals surface area contributed by atoms with Gasteiger partial charge in [0.25, 0.3) is 5.91 Å². The number of piperazine rings is 1. The molecule has 1 aromatic heterocycles. The SMILES string of the molecule is C/C=C/c1ccc(OCC(=O)N2CC[NH+](Cc3ccsc3)CC2)c(OC)c1. The van der Waals surface area contributed by atoms with Crippen LogP contribution < -0.4 is 14.4 Å². The van der Waals surface area contributed by atoms with Crippen molar-refractivity contribution < 1.29 is 19.2 Å². The highest BCUT2D eigenvalue weighted by Crippen LogP contribution is 2.28. The van der Waals surface area contributed by atoms with Crippen molar-refractivity contribution in [3.8, 4) is 11.5 Å². The second-order valence-electron chi connectivity index (χ2n) is 6.64. The highest BCUT2D eigenvalue weighted by Gasteiger charge is 2.24. The number of hydrogen-bond donors (Lipinski definition) is 1. The minimum absolute atomic E-state index is 0.0316. The van der Waals surface area contributed by atoms with Crippen LogP contribution >= 0.6 is 11.3 Å². The molecule has 1 saturated heterocycles. The molecule has 1 fully saturated rings. The Kier molecular flexibility index (Phi) is 6.90. The predicted octanol–water partition coefficient (Wildman–Crippen LogP) is 2.10. The summed E-state index contributed by atoms with van der Waals surface area (Å²) in [4.78, 5) is 15.9. The number of quaternary nitrogens is 1. The van der Waals surface area contributed by atoms with Crippen LogP contribution in [0.25, 0.3) is 6.08 Å². The maximum Gasteiger partial charge on any atom is 0.260 e. The molecule has 0 atom stereocenters. The average Bonchev–Trinajstić information content (AvgIpc) is 3.20. The van der Waals surface area contributed by atoms with Gasteiger partial charge in [-0.2, -0.15) is 11.3 Å². The number of amides is 1. The Labute approximate surface area is 164 Å². The number of methoxy groups -OCH3 is 1. The van der Waals surface area contributed by atoms with E-state index in [0.29, 0.717) is 11.5 Å². The van der Waals surface area contributed by atoms with Gasteiger partial charge >= 0.3 is 0 Å². The number of thiophene rings is 1. The zero-order valence-electron chi connectivity index (χ0n) is 15.9. The van der Waals surface area contributed by atoms with Gasteiger partial charge in [-0.25, -0.2) is 0 Å². The van der Waals surface area contributed by atoms with Gasteiger partial charge in [0.05, 0.1) is 33.3 Å². The number of nitrogens with one attached hydrogen (secondary N) is 1. The quantitative estimate of drug-likeness (QED) is 0.791. The number of rotatable bonds is 7. The summed E-state index contributed by atoms with van der Waals surface area (Å²) in [5.74, 6) is 1.27. The van der Waals surface area contributed by atoms with Gasteiger partial charge in [-0.05, 0) is 41.4 Å². The molecule has 0 bridgehead atoms. The highest BCUT2D eigenvalue weighted by molar-refractivity contribution is 7.07. The fourth-order valence-electron chi connectivity index (χ4n) is 3.26. The van der Waals surface area contributed by atoms with Crippen molar-refractivity contribution >= 4 is 23.3 Å². The second-order valence-corrected chi connectivity index (χ2v) is 7.42. The summed E-state index contributed by atoms with van der Waals surface area (Å²) < 4.78 is 11.1. The topological polar surface area (TPSA) is 43.2 Å². The molecule has 1 amide bonds. The van der Waals surface area contributed by atoms with Gasteiger partial charge in [-0.1, -0.05) is 18.2 Å². The lowest BCUT2D eigenvalue weighted by Gasteiger charge is -2.32. The van der Waals surface area contributed by atoms with E-state index in [4.69, 9.17) is 9.47 Å². The van der Waals surface area contributed by atoms with Crippen LogP contribution in [0.2, 0.25) is 0 Å². The first-order valence-electron chi connectivity index (χ1n) is 9.25. The number of ether oxygens (including phenoxy) is 2. The number of carbonyl (C=O) groups is 1. The molecule has 0 aliphatic carbocycles. The first-order valence-corrected chi connectivity index (χ1v) is 10.2. The Morgan fingerprint density at radius 1 is 1.26 bits per heavy atom. The molecule has 27 heavy (non-hydrogen) atoms. The van der Waals surface area contributed by atoms with Crippen LogP contribution in [-0.4, -0.2) is 50.7 Å². The van der Waals surface area contributed by atoms with E-state index in [1.807, 2.05) is 42.2 Å². The van der Waals surface area contributed by atoms with Gasteiger partial charge in [0.15, 0.2) is 18.1 Å². The smallest absolute Gasteiger partial charge is 0.260 e. The van der Waals surface area contributed by atoms with E-state index in [2.05, 4.69) is 16.8 Å². The fraction of sp³-hybridized carbons (Fsp3) is 0.381. The van der Waals surface area contributed by atoms with E-state index in [0.717, 1.165) is 38.3 Å². The molecule has 1 aliphatic rings. The molecular formula is C21H27N2O3S+. The maximum atomic E-state index is 12.5. The molecule has 1 N–H and O–H groups in total. The number of hydrogen-bond acceptors (Lipinski definition) is 4. The van der Waals surface area contributed by atoms with Gasteiger partial charge in [0.1, 0.15) is 6.54 Å². The Bertz CT molecular complexity index is 766. The fourth-order valence-corrected chi connectivity index (χ4v) is 3.93. The van der Waals surface area contributed by atoms with Crippen molar-refractivity contribution in [1.29, 1.82) is 0 Å². The molecule has 0 radical (unpaired) electrons. The summed E-state index contributed by atoms with van der Waals surface area (Å²) in [6.45, 7) is 6.55. The van der Waals surface area contributed by atoms with Gasteiger partial charge < -0.3 is 19.3 Å². The van der Waals surface area contributed by atoms with Gasteiger partial charge in [0, 0.05) is 5.56 Å². The van der Waals surface area contributed by atoms with E-state index in [1.165, 1.54) is 10.5 Å². The van der Waals surface area contributed by atoms with Crippen LogP contribution in [0.5, 0.6) is 11.5 Å². The monoisotopic (exact) mass is 387 g/mol. The van der Waals surface area contributed by atoms with Crippen molar-refractivity contribution in [1.82, 2.24) is 4.90 Å². The van der Waals surface area contributed by atoms with Crippen molar-refractivity contribution in [3.05, 3.63) is 52.2 Å². The van der Waals surface area contributed by atoms with Crippen LogP contribution in [0.4, 0.5) is 0 Å². The molecule has 6 heteroatoms. The number of allylic oxidation sites excluding steroid dienone is 1. The van der Waals surface area contributed by atoms with E-state index in [-0.39, 0.29) is 12.5 Å². The molecule has 0 spiro atoms. The number of benzene rings is 1. The normalized spacial score (nSPS) is 15.3. The van der Waals surface area contributed by atoms with Crippen LogP contribution in [0.3, 0.4) is 0 Å². The largest absolute Gasteiger partial charge is 0.493 e. The summed E-state index contributed by atoms with van der Waals surface area (Å²) in [6.07, 6.45) is 3.97. The van der Waals surface area contributed by atoms with E-state index in [9.17, 15) is 4.79 Å². The minimum Gasteiger partial charge on any atom is -0.493 e. The third-order valence-corrected chi connectivity index (χ3v) is 5.49. The van der Waals surface area contributed by atoms with Crippen LogP contribution in [0.15, 0.2) is 41.1 Å². The molecule has 5 nitrogen and oxygen atoms in total. The zero-order valence-corrected chi connectivity index (χ0v) is 16.8. The minimum atomic E-state index is 0.0316. The summed E-state index contributed by atoms with van der Waals surface area (Å²) in [5, 5.41) is 4.32. The van der Waals surface area contributed by atoms with Crippen molar-refractivity contribution in [2.75, 3.05) is 39.9 Å². The van der Waals surface area contributed by atoms with Gasteiger partial charge in [-0.15, -0.1) is 0 Å². The first kappa shape index (κ1) is 19.5. The molecule has 0 unspecified atom stereocenters. The Hall–Kier alpha value is -2.31. The number of nitrogens with zero attached hydrogens (tertiary/aromatic N) is 1. The third kappa shape index (κ3) is 5.34. The Morgan fingerprint density at radius 3 is 2.74 bits per heavy atom. The van der Waals surface area contributed by atoms with Crippen molar-refractivity contribution in [2.24, 2.45) is 0 Å². The molecular weight excluding hydrogens is 360 g/mol. The lowest BCUT2D eigenvalue weighted by molar-refractivity contribution is -0.917. The van der Waals surface area contributed by atoms with Gasteiger partial charge in [-0.3, -0.25) is 4.79 Å². The van der Waals surface area contributed by atoms with E-state index >= 15 is 0 Å². The average molecular weight is 388 g/mol. The summed E-state index contributed by atoms with van der Waals surface area (Å²) in [7, 11) is 1.61. The van der Waals surface area contributed by atoms with E-state index in [1.54, 1.807) is 18.4 Å². The lowest BCUT2D eigenvalue weighted by Crippen LogP contribution is -3.13. The number of carbonyl (C=O) groups excluding carboxylic acids is 1. The van der Waals surface area contributed by atoms with Crippen LogP contribution in [0.1, 0.15) is 18.1 Å². The van der Waals surface area contributed by atoms with E-state index < -0.39 is 0 Å².